The number of aliphatic hydroxyl groups excluding tert-OH is 1. The maximum Gasteiger partial charge on any atom is 0.0614 e. The van der Waals surface area contributed by atoms with Gasteiger partial charge < -0.3 is 5.11 Å². The molecule has 2 heteroatoms. The highest BCUT2D eigenvalue weighted by Crippen LogP contribution is 2.57. The lowest BCUT2D eigenvalue weighted by Crippen LogP contribution is -2.14. The van der Waals surface area contributed by atoms with Crippen molar-refractivity contribution in [2.75, 3.05) is 0 Å². The first-order valence-electron chi connectivity index (χ1n) is 7.48. The van der Waals surface area contributed by atoms with Crippen LogP contribution in [0.4, 0.5) is 0 Å². The van der Waals surface area contributed by atoms with Gasteiger partial charge in [0.05, 0.1) is 6.10 Å². The second-order valence-corrected chi connectivity index (χ2v) is 7.13. The van der Waals surface area contributed by atoms with Crippen LogP contribution in [0.1, 0.15) is 31.2 Å². The smallest absolute Gasteiger partial charge is 0.0614 e. The van der Waals surface area contributed by atoms with Crippen molar-refractivity contribution in [2.24, 2.45) is 17.8 Å². The van der Waals surface area contributed by atoms with Gasteiger partial charge in [-0.3, -0.25) is 0 Å². The summed E-state index contributed by atoms with van der Waals surface area (Å²) in [7, 11) is 0. The van der Waals surface area contributed by atoms with Crippen LogP contribution < -0.4 is 0 Å². The van der Waals surface area contributed by atoms with Gasteiger partial charge in [0.25, 0.3) is 0 Å². The fourth-order valence-corrected chi connectivity index (χ4v) is 5.15. The lowest BCUT2D eigenvalue weighted by Gasteiger charge is -2.09. The van der Waals surface area contributed by atoms with Gasteiger partial charge in [0, 0.05) is 11.1 Å². The van der Waals surface area contributed by atoms with Crippen LogP contribution in [-0.4, -0.2) is 11.2 Å². The summed E-state index contributed by atoms with van der Waals surface area (Å²) in [6.07, 6.45) is 6.21. The van der Waals surface area contributed by atoms with E-state index < -0.39 is 0 Å². The van der Waals surface area contributed by atoms with Crippen molar-refractivity contribution in [1.29, 1.82) is 0 Å². The van der Waals surface area contributed by atoms with Gasteiger partial charge >= 0.3 is 0 Å². The molecule has 2 fully saturated rings. The maximum atomic E-state index is 10.6. The van der Waals surface area contributed by atoms with E-state index in [4.69, 9.17) is 0 Å². The van der Waals surface area contributed by atoms with Crippen LogP contribution in [0, 0.1) is 17.8 Å². The zero-order chi connectivity index (χ0) is 12.8. The fourth-order valence-electron chi connectivity index (χ4n) is 4.17. The van der Waals surface area contributed by atoms with Crippen molar-refractivity contribution in [1.82, 2.24) is 0 Å². The fraction of sp³-hybridized carbons (Fsp3) is 0.529. The summed E-state index contributed by atoms with van der Waals surface area (Å²) in [6, 6.07) is 8.55. The molecule has 3 atom stereocenters. The first-order valence-corrected chi connectivity index (χ1v) is 8.36. The van der Waals surface area contributed by atoms with Gasteiger partial charge in [-0.15, -0.1) is 11.3 Å². The van der Waals surface area contributed by atoms with Gasteiger partial charge in [0.15, 0.2) is 0 Å². The van der Waals surface area contributed by atoms with Crippen LogP contribution in [0.25, 0.3) is 10.1 Å². The van der Waals surface area contributed by atoms with Crippen molar-refractivity contribution in [2.45, 2.75) is 38.2 Å². The molecule has 1 aromatic carbocycles. The summed E-state index contributed by atoms with van der Waals surface area (Å²) in [5, 5.41) is 14.1. The molecule has 1 heterocycles. The van der Waals surface area contributed by atoms with E-state index in [0.717, 1.165) is 18.3 Å². The van der Waals surface area contributed by atoms with E-state index in [1.807, 2.05) is 0 Å². The Morgan fingerprint density at radius 3 is 2.68 bits per heavy atom. The minimum absolute atomic E-state index is 0.119. The number of fused-ring (bicyclic) bond motifs is 2. The van der Waals surface area contributed by atoms with Crippen molar-refractivity contribution >= 4 is 21.4 Å². The first kappa shape index (κ1) is 11.9. The van der Waals surface area contributed by atoms with Crippen molar-refractivity contribution in [3.63, 3.8) is 0 Å². The maximum absolute atomic E-state index is 10.6. The van der Waals surface area contributed by atoms with Crippen LogP contribution in [0.5, 0.6) is 0 Å². The molecule has 1 N–H and O–H groups in total. The van der Waals surface area contributed by atoms with Gasteiger partial charge in [-0.05, 0) is 53.0 Å². The summed E-state index contributed by atoms with van der Waals surface area (Å²) >= 11 is 1.80. The summed E-state index contributed by atoms with van der Waals surface area (Å²) in [5.74, 6) is 2.28. The Morgan fingerprint density at radius 2 is 1.89 bits per heavy atom. The standard InChI is InChI=1S/C17H20OS/c18-15(17-13-6-1-2-7-14(13)17)9-11-10-19-16-8-4-3-5-12(11)16/h3-5,8,10,13-15,17-18H,1-2,6-7,9H2. The Balaban J connectivity index is 1.52. The molecule has 19 heavy (non-hydrogen) atoms. The molecule has 2 saturated carbocycles. The van der Waals surface area contributed by atoms with E-state index >= 15 is 0 Å². The largest absolute Gasteiger partial charge is 0.392 e. The van der Waals surface area contributed by atoms with E-state index in [2.05, 4.69) is 29.6 Å². The minimum Gasteiger partial charge on any atom is -0.392 e. The monoisotopic (exact) mass is 272 g/mol. The van der Waals surface area contributed by atoms with Crippen LogP contribution >= 0.6 is 11.3 Å². The zero-order valence-electron chi connectivity index (χ0n) is 11.1. The molecular formula is C17H20OS. The number of rotatable bonds is 3. The van der Waals surface area contributed by atoms with Crippen LogP contribution in [0.3, 0.4) is 0 Å². The summed E-state index contributed by atoms with van der Waals surface area (Å²) in [6.45, 7) is 0. The molecule has 0 radical (unpaired) electrons. The molecule has 0 amide bonds. The number of aliphatic hydroxyl groups is 1. The van der Waals surface area contributed by atoms with E-state index in [9.17, 15) is 5.11 Å². The number of hydrogen-bond donors (Lipinski definition) is 1. The third kappa shape index (κ3) is 2.02. The van der Waals surface area contributed by atoms with Crippen LogP contribution in [0.2, 0.25) is 0 Å². The molecule has 2 aliphatic carbocycles. The van der Waals surface area contributed by atoms with Gasteiger partial charge in [0.1, 0.15) is 0 Å². The molecule has 0 saturated heterocycles. The molecule has 2 aliphatic rings. The second kappa shape index (κ2) is 4.60. The van der Waals surface area contributed by atoms with E-state index in [1.165, 1.54) is 41.3 Å². The normalized spacial score (nSPS) is 31.1. The average molecular weight is 272 g/mol. The SMILES string of the molecule is OC(Cc1csc2ccccc12)C1C2CCCCC21. The van der Waals surface area contributed by atoms with Crippen LogP contribution in [-0.2, 0) is 6.42 Å². The van der Waals surface area contributed by atoms with E-state index in [1.54, 1.807) is 11.3 Å². The third-order valence-corrected chi connectivity index (χ3v) is 6.17. The Labute approximate surface area is 118 Å². The lowest BCUT2D eigenvalue weighted by atomic mass is 10.0. The molecule has 0 aliphatic heterocycles. The highest BCUT2D eigenvalue weighted by molar-refractivity contribution is 7.17. The molecule has 0 bridgehead atoms. The molecule has 1 aromatic heterocycles. The molecule has 3 unspecified atom stereocenters. The summed E-state index contributed by atoms with van der Waals surface area (Å²) in [4.78, 5) is 0. The van der Waals surface area contributed by atoms with Crippen molar-refractivity contribution < 1.29 is 5.11 Å². The zero-order valence-corrected chi connectivity index (χ0v) is 11.9. The third-order valence-electron chi connectivity index (χ3n) is 5.16. The van der Waals surface area contributed by atoms with E-state index in [0.29, 0.717) is 5.92 Å². The molecule has 100 valence electrons. The second-order valence-electron chi connectivity index (χ2n) is 6.22. The topological polar surface area (TPSA) is 20.2 Å². The highest BCUT2D eigenvalue weighted by Gasteiger charge is 2.53. The number of hydrogen-bond acceptors (Lipinski definition) is 2. The lowest BCUT2D eigenvalue weighted by molar-refractivity contribution is 0.141. The Morgan fingerprint density at radius 1 is 1.16 bits per heavy atom. The molecule has 1 nitrogen and oxygen atoms in total. The quantitative estimate of drug-likeness (QED) is 0.886. The van der Waals surface area contributed by atoms with Crippen LogP contribution in [0.15, 0.2) is 29.6 Å². The molecule has 2 aromatic rings. The number of benzene rings is 1. The van der Waals surface area contributed by atoms with Crippen molar-refractivity contribution in [3.8, 4) is 0 Å². The predicted octanol–water partition coefficient (Wildman–Crippen LogP) is 4.24. The van der Waals surface area contributed by atoms with Gasteiger partial charge in [0.2, 0.25) is 0 Å². The molecule has 4 rings (SSSR count). The summed E-state index contributed by atoms with van der Waals surface area (Å²) in [5.41, 5.74) is 1.34. The van der Waals surface area contributed by atoms with Gasteiger partial charge in [-0.25, -0.2) is 0 Å². The Kier molecular flexibility index (Phi) is 2.89. The molecular weight excluding hydrogens is 252 g/mol. The average Bonchev–Trinajstić information content (AvgIpc) is 3.06. The first-order chi connectivity index (χ1) is 9.34. The number of thiophene rings is 1. The van der Waals surface area contributed by atoms with Crippen molar-refractivity contribution in [3.05, 3.63) is 35.2 Å². The Bertz CT molecular complexity index is 576. The predicted molar refractivity (Wildman–Crippen MR) is 80.5 cm³/mol. The minimum atomic E-state index is -0.119. The van der Waals surface area contributed by atoms with Gasteiger partial charge in [-0.1, -0.05) is 31.0 Å². The summed E-state index contributed by atoms with van der Waals surface area (Å²) < 4.78 is 1.35. The van der Waals surface area contributed by atoms with E-state index in [-0.39, 0.29) is 6.10 Å². The Hall–Kier alpha value is -0.860. The molecule has 0 spiro atoms. The highest BCUT2D eigenvalue weighted by atomic mass is 32.1. The van der Waals surface area contributed by atoms with Gasteiger partial charge in [-0.2, -0.15) is 0 Å².